The van der Waals surface area contributed by atoms with Gasteiger partial charge in [-0.15, -0.1) is 12.8 Å². The van der Waals surface area contributed by atoms with Crippen LogP contribution in [0.1, 0.15) is 22.3 Å². The molecule has 5 rings (SSSR count). The molecule has 0 amide bonds. The van der Waals surface area contributed by atoms with Gasteiger partial charge in [0, 0.05) is 59.8 Å². The average Bonchev–Trinajstić information content (AvgIpc) is 3.01. The van der Waals surface area contributed by atoms with Crippen LogP contribution in [0.3, 0.4) is 0 Å². The number of nitrogens with zero attached hydrogens (tertiary/aromatic N) is 2. The van der Waals surface area contributed by atoms with Gasteiger partial charge < -0.3 is 29.5 Å². The van der Waals surface area contributed by atoms with Crippen molar-refractivity contribution in [3.63, 3.8) is 0 Å². The Kier molecular flexibility index (Phi) is 7.42. The molecule has 3 aromatic carbocycles. The zero-order chi connectivity index (χ0) is 26.6. The summed E-state index contributed by atoms with van der Waals surface area (Å²) in [6.45, 7) is 6.11. The van der Waals surface area contributed by atoms with E-state index in [0.717, 1.165) is 37.6 Å². The van der Waals surface area contributed by atoms with Gasteiger partial charge in [-0.2, -0.15) is 0 Å². The molecule has 0 aromatic heterocycles. The van der Waals surface area contributed by atoms with Crippen LogP contribution in [0.25, 0.3) is 0 Å². The van der Waals surface area contributed by atoms with Gasteiger partial charge in [-0.05, 0) is 24.3 Å². The van der Waals surface area contributed by atoms with Crippen molar-refractivity contribution < 1.29 is 19.7 Å². The summed E-state index contributed by atoms with van der Waals surface area (Å²) in [6, 6.07) is 22.2. The minimum absolute atomic E-state index is 0.518. The molecule has 0 radical (unpaired) electrons. The second-order valence-electron chi connectivity index (χ2n) is 9.58. The Hall–Kier alpha value is -3.78. The summed E-state index contributed by atoms with van der Waals surface area (Å²) in [6.07, 6.45) is 11.7. The predicted octanol–water partition coefficient (Wildman–Crippen LogP) is 3.10. The van der Waals surface area contributed by atoms with Gasteiger partial charge in [-0.25, -0.2) is 0 Å². The highest BCUT2D eigenvalue weighted by Gasteiger charge is 2.33. The summed E-state index contributed by atoms with van der Waals surface area (Å²) in [7, 11) is 0. The molecule has 6 nitrogen and oxygen atoms in total. The molecule has 2 unspecified atom stereocenters. The first kappa shape index (κ1) is 25.9. The highest BCUT2D eigenvalue weighted by molar-refractivity contribution is 5.55. The fourth-order valence-corrected chi connectivity index (χ4v) is 5.09. The van der Waals surface area contributed by atoms with Crippen LogP contribution >= 0.6 is 0 Å². The first-order valence-corrected chi connectivity index (χ1v) is 12.9. The Morgan fingerprint density at radius 1 is 0.526 bits per heavy atom. The van der Waals surface area contributed by atoms with Crippen molar-refractivity contribution >= 4 is 11.4 Å². The van der Waals surface area contributed by atoms with Gasteiger partial charge in [-0.3, -0.25) is 0 Å². The lowest BCUT2D eigenvalue weighted by Crippen LogP contribution is -2.36. The third-order valence-corrected chi connectivity index (χ3v) is 7.46. The van der Waals surface area contributed by atoms with Gasteiger partial charge >= 0.3 is 0 Å². The van der Waals surface area contributed by atoms with Crippen molar-refractivity contribution in [2.45, 2.75) is 11.2 Å². The van der Waals surface area contributed by atoms with E-state index in [2.05, 4.69) is 21.6 Å². The molecule has 194 valence electrons. The minimum Gasteiger partial charge on any atom is -0.378 e. The van der Waals surface area contributed by atoms with Crippen LogP contribution < -0.4 is 9.80 Å². The standard InChI is InChI=1S/C32H32N2O4/c1-3-31(35,27-9-13-29(14-10-27)33-17-21-37-22-18-33)25-5-7-26(8-6-25)32(36,4-2)28-11-15-30(16-12-28)34-19-23-38-24-20-34/h1-2,5-16,35-36H,17-24H2. The second kappa shape index (κ2) is 10.9. The molecule has 0 aliphatic carbocycles. The van der Waals surface area contributed by atoms with E-state index in [-0.39, 0.29) is 0 Å². The molecular weight excluding hydrogens is 476 g/mol. The molecule has 2 heterocycles. The van der Waals surface area contributed by atoms with E-state index in [4.69, 9.17) is 22.3 Å². The van der Waals surface area contributed by atoms with E-state index in [1.54, 1.807) is 24.3 Å². The number of rotatable bonds is 6. The van der Waals surface area contributed by atoms with E-state index in [1.165, 1.54) is 0 Å². The SMILES string of the molecule is C#CC(O)(c1ccc(N2CCOCC2)cc1)c1ccc(C(O)(C#C)c2ccc(N3CCOCC3)cc2)cc1. The molecular formula is C32H32N2O4. The highest BCUT2D eigenvalue weighted by Crippen LogP contribution is 2.35. The highest BCUT2D eigenvalue weighted by atomic mass is 16.5. The molecule has 2 atom stereocenters. The van der Waals surface area contributed by atoms with Crippen molar-refractivity contribution in [1.29, 1.82) is 0 Å². The fourth-order valence-electron chi connectivity index (χ4n) is 5.09. The molecule has 2 saturated heterocycles. The van der Waals surface area contributed by atoms with Crippen molar-refractivity contribution in [1.82, 2.24) is 0 Å². The smallest absolute Gasteiger partial charge is 0.176 e. The topological polar surface area (TPSA) is 65.4 Å². The lowest BCUT2D eigenvalue weighted by Gasteiger charge is -2.30. The molecule has 0 saturated carbocycles. The Bertz CT molecular complexity index is 1210. The third kappa shape index (κ3) is 4.88. The fraction of sp³-hybridized carbons (Fsp3) is 0.312. The maximum atomic E-state index is 11.5. The molecule has 2 aliphatic heterocycles. The van der Waals surface area contributed by atoms with Crippen molar-refractivity contribution in [3.05, 3.63) is 95.1 Å². The Balaban J connectivity index is 1.37. The van der Waals surface area contributed by atoms with Crippen LogP contribution in [0.4, 0.5) is 11.4 Å². The molecule has 2 N–H and O–H groups in total. The molecule has 38 heavy (non-hydrogen) atoms. The molecule has 6 heteroatoms. The second-order valence-corrected chi connectivity index (χ2v) is 9.58. The summed E-state index contributed by atoms with van der Waals surface area (Å²) < 4.78 is 10.9. The summed E-state index contributed by atoms with van der Waals surface area (Å²) in [5.74, 6) is 5.11. The Morgan fingerprint density at radius 3 is 1.05 bits per heavy atom. The molecule has 3 aromatic rings. The lowest BCUT2D eigenvalue weighted by molar-refractivity contribution is 0.122. The van der Waals surface area contributed by atoms with Crippen LogP contribution in [0.2, 0.25) is 0 Å². The van der Waals surface area contributed by atoms with Gasteiger partial charge in [0.05, 0.1) is 26.4 Å². The predicted molar refractivity (Wildman–Crippen MR) is 149 cm³/mol. The summed E-state index contributed by atoms with van der Waals surface area (Å²) in [5, 5.41) is 23.0. The maximum Gasteiger partial charge on any atom is 0.176 e. The van der Waals surface area contributed by atoms with E-state index < -0.39 is 11.2 Å². The number of terminal acetylenes is 2. The van der Waals surface area contributed by atoms with Crippen molar-refractivity contribution in [2.24, 2.45) is 0 Å². The van der Waals surface area contributed by atoms with Crippen molar-refractivity contribution in [3.8, 4) is 24.7 Å². The first-order valence-electron chi connectivity index (χ1n) is 12.9. The summed E-state index contributed by atoms with van der Waals surface area (Å²) in [5.41, 5.74) is 1.09. The first-order chi connectivity index (χ1) is 18.5. The molecule has 0 bridgehead atoms. The minimum atomic E-state index is -1.63. The van der Waals surface area contributed by atoms with Crippen LogP contribution in [-0.2, 0) is 20.7 Å². The van der Waals surface area contributed by atoms with Crippen LogP contribution in [0.5, 0.6) is 0 Å². The average molecular weight is 509 g/mol. The van der Waals surface area contributed by atoms with Gasteiger partial charge in [0.1, 0.15) is 0 Å². The van der Waals surface area contributed by atoms with Gasteiger partial charge in [0.25, 0.3) is 0 Å². The zero-order valence-corrected chi connectivity index (χ0v) is 21.3. The van der Waals surface area contributed by atoms with Gasteiger partial charge in [-0.1, -0.05) is 60.4 Å². The number of aliphatic hydroxyl groups is 2. The van der Waals surface area contributed by atoms with Gasteiger partial charge in [0.2, 0.25) is 0 Å². The number of hydrogen-bond donors (Lipinski definition) is 2. The number of hydrogen-bond acceptors (Lipinski definition) is 6. The molecule has 0 spiro atoms. The third-order valence-electron chi connectivity index (χ3n) is 7.46. The summed E-state index contributed by atoms with van der Waals surface area (Å²) in [4.78, 5) is 4.48. The van der Waals surface area contributed by atoms with E-state index in [1.807, 2.05) is 48.5 Å². The number of morpholine rings is 2. The van der Waals surface area contributed by atoms with E-state index in [9.17, 15) is 10.2 Å². The maximum absolute atomic E-state index is 11.5. The lowest BCUT2D eigenvalue weighted by atomic mass is 9.83. The number of anilines is 2. The van der Waals surface area contributed by atoms with Crippen LogP contribution in [-0.4, -0.2) is 62.8 Å². The Labute approximate surface area is 224 Å². The summed E-state index contributed by atoms with van der Waals surface area (Å²) >= 11 is 0. The zero-order valence-electron chi connectivity index (χ0n) is 21.3. The number of benzene rings is 3. The normalized spacial score (nSPS) is 19.1. The van der Waals surface area contributed by atoms with Crippen LogP contribution in [0.15, 0.2) is 72.8 Å². The van der Waals surface area contributed by atoms with E-state index in [0.29, 0.717) is 48.7 Å². The quantitative estimate of drug-likeness (QED) is 0.499. The van der Waals surface area contributed by atoms with Crippen molar-refractivity contribution in [2.75, 3.05) is 62.4 Å². The van der Waals surface area contributed by atoms with Crippen LogP contribution in [0, 0.1) is 24.7 Å². The largest absolute Gasteiger partial charge is 0.378 e. The van der Waals surface area contributed by atoms with Gasteiger partial charge in [0.15, 0.2) is 11.2 Å². The molecule has 2 fully saturated rings. The van der Waals surface area contributed by atoms with E-state index >= 15 is 0 Å². The Morgan fingerprint density at radius 2 is 0.789 bits per heavy atom. The number of ether oxygens (including phenoxy) is 2. The molecule has 2 aliphatic rings. The monoisotopic (exact) mass is 508 g/mol.